The van der Waals surface area contributed by atoms with Crippen LogP contribution in [-0.2, 0) is 9.84 Å². The van der Waals surface area contributed by atoms with E-state index < -0.39 is 14.6 Å². The van der Waals surface area contributed by atoms with Gasteiger partial charge in [-0.3, -0.25) is 4.79 Å². The first-order valence-corrected chi connectivity index (χ1v) is 7.78. The molecule has 0 bridgehead atoms. The van der Waals surface area contributed by atoms with Crippen molar-refractivity contribution in [1.82, 2.24) is 9.97 Å². The van der Waals surface area contributed by atoms with E-state index in [-0.39, 0.29) is 23.1 Å². The molecule has 0 amide bonds. The van der Waals surface area contributed by atoms with Crippen LogP contribution in [0.3, 0.4) is 0 Å². The van der Waals surface area contributed by atoms with Gasteiger partial charge in [0.05, 0.1) is 10.3 Å². The van der Waals surface area contributed by atoms with Gasteiger partial charge in [0, 0.05) is 12.8 Å². The zero-order chi connectivity index (χ0) is 14.8. The molecular formula is C11H16ClN3O3S. The third kappa shape index (κ3) is 3.63. The molecule has 1 heterocycles. The summed E-state index contributed by atoms with van der Waals surface area (Å²) in [5.41, 5.74) is 0.122. The van der Waals surface area contributed by atoms with Crippen molar-refractivity contribution in [1.29, 1.82) is 0 Å². The molecule has 106 valence electrons. The van der Waals surface area contributed by atoms with Gasteiger partial charge < -0.3 is 5.32 Å². The molecule has 6 nitrogen and oxygen atoms in total. The summed E-state index contributed by atoms with van der Waals surface area (Å²) in [5.74, 6) is 0.638. The van der Waals surface area contributed by atoms with Gasteiger partial charge in [0.25, 0.3) is 0 Å². The highest BCUT2D eigenvalue weighted by atomic mass is 35.5. The molecule has 0 saturated heterocycles. The SMILES string of the molecule is Cc1nc(Cl)c(C=O)c(NCC(C)(C)S(C)(=O)=O)n1. The lowest BCUT2D eigenvalue weighted by molar-refractivity contribution is 0.112. The molecule has 0 aliphatic heterocycles. The highest BCUT2D eigenvalue weighted by Gasteiger charge is 2.30. The summed E-state index contributed by atoms with van der Waals surface area (Å²) in [6.45, 7) is 4.92. The van der Waals surface area contributed by atoms with Crippen LogP contribution in [0.4, 0.5) is 5.82 Å². The van der Waals surface area contributed by atoms with Gasteiger partial charge in [0.2, 0.25) is 0 Å². The number of anilines is 1. The summed E-state index contributed by atoms with van der Waals surface area (Å²) in [7, 11) is -3.24. The van der Waals surface area contributed by atoms with Crippen LogP contribution in [0.5, 0.6) is 0 Å². The predicted molar refractivity (Wildman–Crippen MR) is 74.6 cm³/mol. The number of halogens is 1. The quantitative estimate of drug-likeness (QED) is 0.655. The van der Waals surface area contributed by atoms with Crippen LogP contribution in [0.25, 0.3) is 0 Å². The maximum atomic E-state index is 11.6. The third-order valence-electron chi connectivity index (χ3n) is 2.81. The second-order valence-electron chi connectivity index (χ2n) is 4.83. The van der Waals surface area contributed by atoms with E-state index in [2.05, 4.69) is 15.3 Å². The van der Waals surface area contributed by atoms with Crippen molar-refractivity contribution in [2.45, 2.75) is 25.5 Å². The maximum Gasteiger partial charge on any atom is 0.156 e. The Bertz CT molecular complexity index is 599. The minimum Gasteiger partial charge on any atom is -0.368 e. The van der Waals surface area contributed by atoms with Crippen LogP contribution in [0.2, 0.25) is 5.15 Å². The van der Waals surface area contributed by atoms with Crippen LogP contribution in [0.15, 0.2) is 0 Å². The molecule has 0 fully saturated rings. The van der Waals surface area contributed by atoms with Crippen LogP contribution in [-0.4, -0.2) is 42.2 Å². The van der Waals surface area contributed by atoms with Gasteiger partial charge in [-0.2, -0.15) is 0 Å². The number of aryl methyl sites for hydroxylation is 1. The number of sulfone groups is 1. The van der Waals surface area contributed by atoms with Gasteiger partial charge in [-0.15, -0.1) is 0 Å². The standard InChI is InChI=1S/C11H16ClN3O3S/c1-7-14-9(12)8(5-16)10(15-7)13-6-11(2,3)19(4,17)18/h5H,6H2,1-4H3,(H,13,14,15). The van der Waals surface area contributed by atoms with Crippen molar-refractivity contribution in [3.63, 3.8) is 0 Å². The van der Waals surface area contributed by atoms with Gasteiger partial charge in [0.15, 0.2) is 16.1 Å². The number of carbonyl (C=O) groups is 1. The molecule has 0 radical (unpaired) electrons. The van der Waals surface area contributed by atoms with Crippen molar-refractivity contribution in [3.8, 4) is 0 Å². The largest absolute Gasteiger partial charge is 0.368 e. The lowest BCUT2D eigenvalue weighted by Crippen LogP contribution is -2.38. The molecule has 0 aromatic carbocycles. The summed E-state index contributed by atoms with van der Waals surface area (Å²) in [4.78, 5) is 18.9. The first-order chi connectivity index (χ1) is 8.58. The van der Waals surface area contributed by atoms with E-state index in [1.54, 1.807) is 20.8 Å². The van der Waals surface area contributed by atoms with Crippen LogP contribution in [0.1, 0.15) is 30.0 Å². The average Bonchev–Trinajstić information content (AvgIpc) is 2.24. The van der Waals surface area contributed by atoms with Crippen molar-refractivity contribution in [2.24, 2.45) is 0 Å². The van der Waals surface area contributed by atoms with Crippen molar-refractivity contribution in [2.75, 3.05) is 18.1 Å². The minimum atomic E-state index is -3.24. The highest BCUT2D eigenvalue weighted by molar-refractivity contribution is 7.92. The fourth-order valence-electron chi connectivity index (χ4n) is 1.21. The molecule has 0 unspecified atom stereocenters. The van der Waals surface area contributed by atoms with E-state index >= 15 is 0 Å². The van der Waals surface area contributed by atoms with E-state index in [1.165, 1.54) is 0 Å². The zero-order valence-electron chi connectivity index (χ0n) is 11.2. The number of aldehydes is 1. The Balaban J connectivity index is 3.05. The molecule has 0 aliphatic carbocycles. The summed E-state index contributed by atoms with van der Waals surface area (Å²) in [6.07, 6.45) is 1.70. The predicted octanol–water partition coefficient (Wildman–Crippen LogP) is 1.49. The molecule has 0 atom stereocenters. The lowest BCUT2D eigenvalue weighted by atomic mass is 10.2. The van der Waals surface area contributed by atoms with E-state index in [9.17, 15) is 13.2 Å². The molecule has 1 aromatic rings. The Morgan fingerprint density at radius 2 is 1.95 bits per heavy atom. The first kappa shape index (κ1) is 15.8. The van der Waals surface area contributed by atoms with Gasteiger partial charge in [-0.25, -0.2) is 18.4 Å². The molecule has 0 saturated carbocycles. The van der Waals surface area contributed by atoms with Crippen LogP contribution in [0, 0.1) is 6.92 Å². The third-order valence-corrected chi connectivity index (χ3v) is 5.25. The molecule has 19 heavy (non-hydrogen) atoms. The second kappa shape index (κ2) is 5.42. The fourth-order valence-corrected chi connectivity index (χ4v) is 1.80. The number of rotatable bonds is 5. The van der Waals surface area contributed by atoms with E-state index in [0.29, 0.717) is 12.1 Å². The summed E-state index contributed by atoms with van der Waals surface area (Å²) in [6, 6.07) is 0. The van der Waals surface area contributed by atoms with Gasteiger partial charge >= 0.3 is 0 Å². The van der Waals surface area contributed by atoms with Gasteiger partial charge in [-0.1, -0.05) is 11.6 Å². The number of hydrogen-bond donors (Lipinski definition) is 1. The topological polar surface area (TPSA) is 89.0 Å². The molecule has 1 aromatic heterocycles. The molecule has 8 heteroatoms. The Morgan fingerprint density at radius 1 is 1.37 bits per heavy atom. The van der Waals surface area contributed by atoms with E-state index in [1.807, 2.05) is 0 Å². The fraction of sp³-hybridized carbons (Fsp3) is 0.545. The summed E-state index contributed by atoms with van der Waals surface area (Å²) < 4.78 is 22.2. The number of hydrogen-bond acceptors (Lipinski definition) is 6. The molecule has 0 aliphatic rings. The van der Waals surface area contributed by atoms with Crippen LogP contribution >= 0.6 is 11.6 Å². The summed E-state index contributed by atoms with van der Waals surface area (Å²) in [5, 5.41) is 2.89. The number of nitrogens with zero attached hydrogens (tertiary/aromatic N) is 2. The maximum absolute atomic E-state index is 11.6. The molecular weight excluding hydrogens is 290 g/mol. The normalized spacial score (nSPS) is 12.3. The van der Waals surface area contributed by atoms with E-state index in [0.717, 1.165) is 6.26 Å². The van der Waals surface area contributed by atoms with Gasteiger partial charge in [0.1, 0.15) is 16.8 Å². The first-order valence-electron chi connectivity index (χ1n) is 5.51. The minimum absolute atomic E-state index is 0.0437. The second-order valence-corrected chi connectivity index (χ2v) is 7.83. The van der Waals surface area contributed by atoms with Crippen LogP contribution < -0.4 is 5.32 Å². The number of carbonyl (C=O) groups excluding carboxylic acids is 1. The molecule has 1 rings (SSSR count). The van der Waals surface area contributed by atoms with Gasteiger partial charge in [-0.05, 0) is 20.8 Å². The number of nitrogens with one attached hydrogen (secondary N) is 1. The van der Waals surface area contributed by atoms with Crippen molar-refractivity contribution < 1.29 is 13.2 Å². The monoisotopic (exact) mass is 305 g/mol. The Hall–Kier alpha value is -1.21. The number of aromatic nitrogens is 2. The Kier molecular flexibility index (Phi) is 4.52. The smallest absolute Gasteiger partial charge is 0.156 e. The van der Waals surface area contributed by atoms with Crippen molar-refractivity contribution in [3.05, 3.63) is 16.5 Å². The van der Waals surface area contributed by atoms with Crippen molar-refractivity contribution >= 4 is 33.5 Å². The Labute approximate surface area is 117 Å². The zero-order valence-corrected chi connectivity index (χ0v) is 12.8. The Morgan fingerprint density at radius 3 is 2.42 bits per heavy atom. The highest BCUT2D eigenvalue weighted by Crippen LogP contribution is 2.21. The summed E-state index contributed by atoms with van der Waals surface area (Å²) >= 11 is 5.83. The lowest BCUT2D eigenvalue weighted by Gasteiger charge is -2.23. The molecule has 1 N–H and O–H groups in total. The van der Waals surface area contributed by atoms with E-state index in [4.69, 9.17) is 11.6 Å². The average molecular weight is 306 g/mol. The molecule has 0 spiro atoms.